The second kappa shape index (κ2) is 47.7. The van der Waals surface area contributed by atoms with Crippen LogP contribution >= 0.6 is 7.82 Å². The first-order valence-corrected chi connectivity index (χ1v) is 27.1. The van der Waals surface area contributed by atoms with Crippen LogP contribution < -0.4 is 0 Å². The van der Waals surface area contributed by atoms with Gasteiger partial charge in [-0.3, -0.25) is 18.6 Å². The van der Waals surface area contributed by atoms with E-state index in [1.165, 1.54) is 116 Å². The predicted molar refractivity (Wildman–Crippen MR) is 266 cm³/mol. The van der Waals surface area contributed by atoms with E-state index in [-0.39, 0.29) is 32.0 Å². The summed E-state index contributed by atoms with van der Waals surface area (Å²) in [5.74, 6) is -0.835. The summed E-state index contributed by atoms with van der Waals surface area (Å²) >= 11 is 0. The van der Waals surface area contributed by atoms with Gasteiger partial charge in [0.1, 0.15) is 6.61 Å². The summed E-state index contributed by atoms with van der Waals surface area (Å²) in [6, 6.07) is 0. The van der Waals surface area contributed by atoms with Gasteiger partial charge in [-0.15, -0.1) is 0 Å². The number of phosphoric ester groups is 1. The number of hydrogen-bond donors (Lipinski definition) is 1. The van der Waals surface area contributed by atoms with E-state index in [9.17, 15) is 19.0 Å². The summed E-state index contributed by atoms with van der Waals surface area (Å²) in [4.78, 5) is 37.2. The summed E-state index contributed by atoms with van der Waals surface area (Å²) in [6.07, 6.45) is 57.1. The zero-order valence-electron chi connectivity index (χ0n) is 41.0. The Kier molecular flexibility index (Phi) is 45.9. The maximum atomic E-state index is 12.7. The molecule has 0 spiro atoms. The highest BCUT2D eigenvalue weighted by atomic mass is 31.2. The molecule has 2 unspecified atom stereocenters. The van der Waals surface area contributed by atoms with Gasteiger partial charge < -0.3 is 19.3 Å². The first kappa shape index (κ1) is 60.7. The van der Waals surface area contributed by atoms with Crippen LogP contribution in [-0.4, -0.2) is 68.3 Å². The van der Waals surface area contributed by atoms with Crippen LogP contribution in [-0.2, 0) is 32.7 Å². The van der Waals surface area contributed by atoms with Crippen molar-refractivity contribution in [2.24, 2.45) is 0 Å². The molecule has 0 radical (unpaired) electrons. The summed E-state index contributed by atoms with van der Waals surface area (Å²) in [7, 11) is -0.732. The normalized spacial score (nSPS) is 13.7. The van der Waals surface area contributed by atoms with E-state index in [2.05, 4.69) is 74.6 Å². The monoisotopic (exact) mass is 906 g/mol. The molecule has 0 aliphatic heterocycles. The van der Waals surface area contributed by atoms with E-state index in [1.807, 2.05) is 19.0 Å². The average molecular weight is 906 g/mol. The largest absolute Gasteiger partial charge is 0.472 e. The summed E-state index contributed by atoms with van der Waals surface area (Å²) in [5, 5.41) is 0. The minimum Gasteiger partial charge on any atom is -0.462 e. The lowest BCUT2D eigenvalue weighted by Crippen LogP contribution is -2.29. The molecule has 10 heteroatoms. The molecular formula is C53H96NO8P. The van der Waals surface area contributed by atoms with Crippen LogP contribution in [0.4, 0.5) is 0 Å². The fourth-order valence-corrected chi connectivity index (χ4v) is 7.69. The van der Waals surface area contributed by atoms with Gasteiger partial charge >= 0.3 is 19.8 Å². The second-order valence-corrected chi connectivity index (χ2v) is 18.8. The van der Waals surface area contributed by atoms with Crippen LogP contribution in [0, 0.1) is 0 Å². The second-order valence-electron chi connectivity index (χ2n) is 17.3. The molecule has 366 valence electrons. The number of unbranched alkanes of at least 4 members (excludes halogenated alkanes) is 23. The van der Waals surface area contributed by atoms with Gasteiger partial charge in [-0.25, -0.2) is 4.57 Å². The van der Waals surface area contributed by atoms with Crippen molar-refractivity contribution in [2.75, 3.05) is 40.5 Å². The topological polar surface area (TPSA) is 112 Å². The van der Waals surface area contributed by atoms with Crippen molar-refractivity contribution in [1.29, 1.82) is 0 Å². The Morgan fingerprint density at radius 1 is 0.508 bits per heavy atom. The lowest BCUT2D eigenvalue weighted by atomic mass is 10.0. The van der Waals surface area contributed by atoms with Crippen molar-refractivity contribution >= 4 is 19.8 Å². The third-order valence-electron chi connectivity index (χ3n) is 10.8. The Balaban J connectivity index is 4.22. The Morgan fingerprint density at radius 3 is 1.35 bits per heavy atom. The highest BCUT2D eigenvalue weighted by Crippen LogP contribution is 2.43. The fourth-order valence-electron chi connectivity index (χ4n) is 6.95. The zero-order chi connectivity index (χ0) is 46.2. The number of phosphoric acid groups is 1. The van der Waals surface area contributed by atoms with Crippen LogP contribution in [0.2, 0.25) is 0 Å². The van der Waals surface area contributed by atoms with Crippen molar-refractivity contribution in [3.63, 3.8) is 0 Å². The summed E-state index contributed by atoms with van der Waals surface area (Å²) in [5.41, 5.74) is 0. The first-order chi connectivity index (χ1) is 30.7. The highest BCUT2D eigenvalue weighted by Gasteiger charge is 2.26. The lowest BCUT2D eigenvalue weighted by Gasteiger charge is -2.20. The number of esters is 2. The van der Waals surface area contributed by atoms with E-state index in [0.29, 0.717) is 13.0 Å². The first-order valence-electron chi connectivity index (χ1n) is 25.6. The van der Waals surface area contributed by atoms with Gasteiger partial charge in [0.05, 0.1) is 13.2 Å². The molecule has 0 bridgehead atoms. The number of allylic oxidation sites excluding steroid dienone is 10. The van der Waals surface area contributed by atoms with Crippen molar-refractivity contribution in [3.05, 3.63) is 60.8 Å². The van der Waals surface area contributed by atoms with Crippen LogP contribution in [0.15, 0.2) is 60.8 Å². The number of hydrogen-bond acceptors (Lipinski definition) is 8. The van der Waals surface area contributed by atoms with Crippen LogP contribution in [0.25, 0.3) is 0 Å². The molecule has 0 heterocycles. The smallest absolute Gasteiger partial charge is 0.462 e. The number of likely N-dealkylation sites (N-methyl/N-ethyl adjacent to an activating group) is 1. The van der Waals surface area contributed by atoms with Crippen LogP contribution in [0.5, 0.6) is 0 Å². The van der Waals surface area contributed by atoms with Crippen LogP contribution in [0.1, 0.15) is 219 Å². The van der Waals surface area contributed by atoms with Crippen molar-refractivity contribution in [2.45, 2.75) is 225 Å². The number of nitrogens with zero attached hydrogens (tertiary/aromatic N) is 1. The molecule has 0 aliphatic carbocycles. The minimum absolute atomic E-state index is 0.000647. The molecule has 9 nitrogen and oxygen atoms in total. The van der Waals surface area contributed by atoms with E-state index in [4.69, 9.17) is 18.5 Å². The molecule has 63 heavy (non-hydrogen) atoms. The molecule has 0 saturated heterocycles. The molecule has 2 atom stereocenters. The third kappa shape index (κ3) is 49.0. The molecule has 0 fully saturated rings. The average Bonchev–Trinajstić information content (AvgIpc) is 3.25. The molecule has 0 aliphatic rings. The molecular weight excluding hydrogens is 810 g/mol. The molecule has 0 aromatic carbocycles. The maximum absolute atomic E-state index is 12.7. The zero-order valence-corrected chi connectivity index (χ0v) is 41.9. The molecule has 1 N–H and O–H groups in total. The van der Waals surface area contributed by atoms with E-state index in [0.717, 1.165) is 70.6 Å². The number of carbonyl (C=O) groups is 2. The van der Waals surface area contributed by atoms with Crippen molar-refractivity contribution in [3.8, 4) is 0 Å². The molecule has 0 rings (SSSR count). The van der Waals surface area contributed by atoms with E-state index in [1.54, 1.807) is 0 Å². The lowest BCUT2D eigenvalue weighted by molar-refractivity contribution is -0.161. The highest BCUT2D eigenvalue weighted by molar-refractivity contribution is 7.47. The number of rotatable bonds is 47. The quantitative estimate of drug-likeness (QED) is 0.0276. The van der Waals surface area contributed by atoms with E-state index < -0.39 is 26.5 Å². The molecule has 0 saturated carbocycles. The molecule has 0 aromatic rings. The SMILES string of the molecule is CC/C=C\C/C=C\C/C=C\C/C=C\C/C=C\CCCCCC(=O)OC(COC(=O)CCCCCCCCCCCCCCCCCCCCCCC)COP(=O)(O)OCCN(C)C. The van der Waals surface area contributed by atoms with E-state index >= 15 is 0 Å². The number of carbonyl (C=O) groups excluding carboxylic acids is 2. The Bertz CT molecular complexity index is 1230. The third-order valence-corrected chi connectivity index (χ3v) is 11.8. The molecule has 0 aromatic heterocycles. The summed E-state index contributed by atoms with van der Waals surface area (Å²) < 4.78 is 33.6. The summed E-state index contributed by atoms with van der Waals surface area (Å²) in [6.45, 7) is 4.20. The standard InChI is InChI=1S/C53H96NO8P/c1-5-7-9-11-13-15-17-19-21-23-25-26-28-29-31-33-35-37-39-41-43-45-52(55)59-49-51(50-61-63(57,58)60-48-47-54(3)4)62-53(56)46-44-42-40-38-36-34-32-30-27-24-22-20-18-16-14-12-10-8-6-2/h8,10,14,16,20,22,27,30,34,36,51H,5-7,9,11-13,15,17-19,21,23-26,28-29,31-33,35,37-50H2,1-4H3,(H,57,58)/b10-8-,16-14-,22-20-,30-27-,36-34-. The van der Waals surface area contributed by atoms with Crippen molar-refractivity contribution < 1.29 is 37.6 Å². The Morgan fingerprint density at radius 2 is 0.905 bits per heavy atom. The van der Waals surface area contributed by atoms with Gasteiger partial charge in [0.25, 0.3) is 0 Å². The van der Waals surface area contributed by atoms with Gasteiger partial charge in [0.2, 0.25) is 0 Å². The van der Waals surface area contributed by atoms with Gasteiger partial charge in [-0.2, -0.15) is 0 Å². The van der Waals surface area contributed by atoms with Gasteiger partial charge in [0, 0.05) is 19.4 Å². The predicted octanol–water partition coefficient (Wildman–Crippen LogP) is 15.4. The van der Waals surface area contributed by atoms with Gasteiger partial charge in [0.15, 0.2) is 6.10 Å². The van der Waals surface area contributed by atoms with Crippen molar-refractivity contribution in [1.82, 2.24) is 4.90 Å². The van der Waals surface area contributed by atoms with Gasteiger partial charge in [-0.05, 0) is 71.9 Å². The van der Waals surface area contributed by atoms with Crippen LogP contribution in [0.3, 0.4) is 0 Å². The Hall–Kier alpha value is -2.29. The van der Waals surface area contributed by atoms with Gasteiger partial charge in [-0.1, -0.05) is 209 Å². The number of ether oxygens (including phenoxy) is 2. The Labute approximate surface area is 387 Å². The minimum atomic E-state index is -4.38. The molecule has 0 amide bonds. The maximum Gasteiger partial charge on any atom is 0.472 e. The fraction of sp³-hybridized carbons (Fsp3) is 0.774.